The van der Waals surface area contributed by atoms with Gasteiger partial charge in [-0.05, 0) is 0 Å². The van der Waals surface area contributed by atoms with Gasteiger partial charge in [0, 0.05) is 0 Å². The van der Waals surface area contributed by atoms with Crippen molar-refractivity contribution in [2.45, 2.75) is 9.11 Å². The third-order valence-electron chi connectivity index (χ3n) is 0.458. The summed E-state index contributed by atoms with van der Waals surface area (Å²) in [6.07, 6.45) is 0. The van der Waals surface area contributed by atoms with Gasteiger partial charge in [0.05, 0.1) is 0 Å². The van der Waals surface area contributed by atoms with Gasteiger partial charge in [-0.1, -0.05) is 0 Å². The van der Waals surface area contributed by atoms with E-state index in [4.69, 9.17) is 46.4 Å². The van der Waals surface area contributed by atoms with Crippen LogP contribution >= 0.6 is 46.4 Å². The van der Waals surface area contributed by atoms with E-state index >= 15 is 0 Å². The molecule has 0 aliphatic carbocycles. The summed E-state index contributed by atoms with van der Waals surface area (Å²) in [5.41, 5.74) is 1.42. The zero-order chi connectivity index (χ0) is 7.28. The summed E-state index contributed by atoms with van der Waals surface area (Å²) in [6, 6.07) is 0. The summed E-state index contributed by atoms with van der Waals surface area (Å²) < 4.78 is -0.184. The minimum absolute atomic E-state index is 0.0947. The molecule has 0 radical (unpaired) electrons. The van der Waals surface area contributed by atoms with Crippen LogP contribution in [0.25, 0.3) is 0 Å². The molecule has 0 spiro atoms. The average molecular weight is 273 g/mol. The average Bonchev–Trinajstić information content (AvgIpc) is 1.82. The fourth-order valence-electron chi connectivity index (χ4n) is 0.164. The number of alkyl halides is 3. The Balaban J connectivity index is 3.38. The van der Waals surface area contributed by atoms with E-state index in [0.29, 0.717) is 0 Å². The first-order valence-corrected chi connectivity index (χ1v) is 5.73. The molecule has 0 aromatic rings. The molecular formula is C4H4Cl4Se. The van der Waals surface area contributed by atoms with Gasteiger partial charge >= 0.3 is 81.0 Å². The van der Waals surface area contributed by atoms with Crippen LogP contribution in [0.4, 0.5) is 0 Å². The minimum atomic E-state index is -0.500. The van der Waals surface area contributed by atoms with Gasteiger partial charge in [-0.25, -0.2) is 0 Å². The van der Waals surface area contributed by atoms with Crippen LogP contribution in [0.3, 0.4) is 0 Å². The van der Waals surface area contributed by atoms with Gasteiger partial charge in [-0.15, -0.1) is 0 Å². The monoisotopic (exact) mass is 272 g/mol. The zero-order valence-corrected chi connectivity index (χ0v) is 8.97. The molecule has 0 N–H and O–H groups in total. The molecule has 9 heavy (non-hydrogen) atoms. The summed E-state index contributed by atoms with van der Waals surface area (Å²) in [7, 11) is 0. The van der Waals surface area contributed by atoms with E-state index in [2.05, 4.69) is 0 Å². The molecule has 0 aliphatic heterocycles. The van der Waals surface area contributed by atoms with Crippen LogP contribution in [0, 0.1) is 0 Å². The predicted molar refractivity (Wildman–Crippen MR) is 45.9 cm³/mol. The van der Waals surface area contributed by atoms with Gasteiger partial charge in [0.15, 0.2) is 0 Å². The first-order chi connectivity index (χ1) is 4.18. The topological polar surface area (TPSA) is 0 Å². The second-order valence-corrected chi connectivity index (χ2v) is 5.76. The summed E-state index contributed by atoms with van der Waals surface area (Å²) in [6.45, 7) is 0. The van der Waals surface area contributed by atoms with E-state index in [1.165, 1.54) is 5.54 Å². The molecular weight excluding hydrogens is 269 g/mol. The van der Waals surface area contributed by atoms with Crippen molar-refractivity contribution < 1.29 is 0 Å². The molecule has 0 bridgehead atoms. The van der Waals surface area contributed by atoms with Crippen molar-refractivity contribution >= 4 is 61.4 Å². The van der Waals surface area contributed by atoms with Crippen molar-refractivity contribution in [2.24, 2.45) is 0 Å². The van der Waals surface area contributed by atoms with Crippen molar-refractivity contribution in [2.75, 3.05) is 0 Å². The molecule has 0 saturated carbocycles. The molecule has 0 aliphatic rings. The number of hydrogen-bond acceptors (Lipinski definition) is 0. The molecule has 0 rings (SSSR count). The van der Waals surface area contributed by atoms with Crippen LogP contribution < -0.4 is 0 Å². The first-order valence-electron chi connectivity index (χ1n) is 2.01. The van der Waals surface area contributed by atoms with Gasteiger partial charge in [-0.2, -0.15) is 0 Å². The molecule has 0 fully saturated rings. The third kappa shape index (κ3) is 5.84. The number of rotatable bonds is 3. The van der Waals surface area contributed by atoms with Gasteiger partial charge < -0.3 is 0 Å². The quantitative estimate of drug-likeness (QED) is 0.548. The number of halogens is 4. The fourth-order valence-corrected chi connectivity index (χ4v) is 2.09. The van der Waals surface area contributed by atoms with Crippen LogP contribution in [-0.4, -0.2) is 24.1 Å². The Morgan fingerprint density at radius 1 is 1.22 bits per heavy atom. The zero-order valence-electron chi connectivity index (χ0n) is 4.23. The Morgan fingerprint density at radius 2 is 1.78 bits per heavy atom. The van der Waals surface area contributed by atoms with Gasteiger partial charge in [0.2, 0.25) is 0 Å². The van der Waals surface area contributed by atoms with Crippen molar-refractivity contribution in [1.82, 2.24) is 0 Å². The van der Waals surface area contributed by atoms with Gasteiger partial charge in [0.25, 0.3) is 0 Å². The molecule has 0 heterocycles. The predicted octanol–water partition coefficient (Wildman–Crippen LogP) is 2.77. The Hall–Kier alpha value is 1.42. The summed E-state index contributed by atoms with van der Waals surface area (Å²) >= 11 is 21.9. The van der Waals surface area contributed by atoms with Gasteiger partial charge in [-0.3, -0.25) is 0 Å². The molecule has 54 valence electrons. The Labute approximate surface area is 80.6 Å². The molecule has 0 nitrogen and oxygen atoms in total. The maximum absolute atomic E-state index is 5.65. The first kappa shape index (κ1) is 10.4. The molecule has 1 atom stereocenters. The third-order valence-corrected chi connectivity index (χ3v) is 4.88. The summed E-state index contributed by atoms with van der Waals surface area (Å²) in [5, 5.41) is 0. The van der Waals surface area contributed by atoms with E-state index in [1.807, 2.05) is 0 Å². The second kappa shape index (κ2) is 6.15. The molecule has 0 amide bonds. The Kier molecular flexibility index (Phi) is 7.12. The fraction of sp³-hybridized carbons (Fsp3) is 0.500. The van der Waals surface area contributed by atoms with Crippen LogP contribution in [0.1, 0.15) is 0 Å². The van der Waals surface area contributed by atoms with Gasteiger partial charge in [0.1, 0.15) is 0 Å². The second-order valence-electron chi connectivity index (χ2n) is 1.08. The van der Waals surface area contributed by atoms with Crippen LogP contribution in [-0.2, 0) is 0 Å². The van der Waals surface area contributed by atoms with Crippen molar-refractivity contribution in [3.05, 3.63) is 10.5 Å². The van der Waals surface area contributed by atoms with E-state index < -0.39 is 4.84 Å². The summed E-state index contributed by atoms with van der Waals surface area (Å²) in [5.74, 6) is 0. The molecule has 0 aromatic heterocycles. The molecule has 0 saturated heterocycles. The Morgan fingerprint density at radius 3 is 2.11 bits per heavy atom. The van der Waals surface area contributed by atoms with Crippen LogP contribution in [0.5, 0.6) is 0 Å². The summed E-state index contributed by atoms with van der Waals surface area (Å²) in [4.78, 5) is 1.27. The molecule has 5 heteroatoms. The molecule has 1 unspecified atom stereocenters. The normalized spacial score (nSPS) is 15.2. The van der Waals surface area contributed by atoms with Crippen LogP contribution in [0.15, 0.2) is 10.5 Å². The Bertz CT molecular complexity index is 92.6. The molecule has 0 aromatic carbocycles. The van der Waals surface area contributed by atoms with Crippen LogP contribution in [0.2, 0.25) is 0 Å². The SMILES string of the molecule is ClC=C[Se]C(Cl)C(Cl)Cl. The van der Waals surface area contributed by atoms with Crippen molar-refractivity contribution in [3.63, 3.8) is 0 Å². The van der Waals surface area contributed by atoms with Crippen molar-refractivity contribution in [3.8, 4) is 0 Å². The van der Waals surface area contributed by atoms with E-state index in [1.54, 1.807) is 4.97 Å². The van der Waals surface area contributed by atoms with E-state index in [9.17, 15) is 0 Å². The number of hydrogen-bond donors (Lipinski definition) is 0. The standard InChI is InChI=1S/C4H4Cl4Se/c5-1-2-9-4(8)3(6)7/h1-4H. The van der Waals surface area contributed by atoms with Crippen molar-refractivity contribution in [1.29, 1.82) is 0 Å². The van der Waals surface area contributed by atoms with E-state index in [0.717, 1.165) is 0 Å². The maximum atomic E-state index is 5.65. The van der Waals surface area contributed by atoms with E-state index in [-0.39, 0.29) is 19.2 Å².